The number of carbonyl (C=O) groups excluding carboxylic acids is 3. The fraction of sp³-hybridized carbons (Fsp3) is 0.565. The van der Waals surface area contributed by atoms with Gasteiger partial charge in [0, 0.05) is 19.2 Å². The molecule has 0 aliphatic heterocycles. The average molecular weight is 467 g/mol. The Balaban J connectivity index is 2.95. The van der Waals surface area contributed by atoms with E-state index in [4.69, 9.17) is 9.47 Å². The number of rotatable bonds is 9. The topological polar surface area (TPSA) is 131 Å². The lowest BCUT2D eigenvalue weighted by molar-refractivity contribution is -0.167. The quantitative estimate of drug-likeness (QED) is 0.416. The minimum absolute atomic E-state index is 0.0329. The van der Waals surface area contributed by atoms with E-state index in [1.165, 1.54) is 14.2 Å². The summed E-state index contributed by atoms with van der Waals surface area (Å²) in [5, 5.41) is 12.1. The Bertz CT molecular complexity index is 830. The van der Waals surface area contributed by atoms with Gasteiger partial charge in [-0.1, -0.05) is 26.0 Å². The first kappa shape index (κ1) is 27.7. The predicted molar refractivity (Wildman–Crippen MR) is 121 cm³/mol. The van der Waals surface area contributed by atoms with E-state index >= 15 is 0 Å². The molecule has 184 valence electrons. The number of esters is 1. The fourth-order valence-electron chi connectivity index (χ4n) is 2.83. The van der Waals surface area contributed by atoms with Crippen LogP contribution in [0.15, 0.2) is 24.3 Å². The molecule has 0 spiro atoms. The zero-order chi connectivity index (χ0) is 25.3. The summed E-state index contributed by atoms with van der Waals surface area (Å²) in [6.45, 7) is 8.88. The molecule has 0 bridgehead atoms. The molecule has 0 saturated heterocycles. The number of carbonyl (C=O) groups is 4. The molecule has 1 aromatic carbocycles. The predicted octanol–water partition coefficient (Wildman–Crippen LogP) is 3.69. The van der Waals surface area contributed by atoms with Crippen LogP contribution in [0.25, 0.3) is 0 Å². The van der Waals surface area contributed by atoms with E-state index in [9.17, 15) is 24.3 Å². The van der Waals surface area contributed by atoms with Gasteiger partial charge in [0.25, 0.3) is 0 Å². The Morgan fingerprint density at radius 1 is 1.09 bits per heavy atom. The van der Waals surface area contributed by atoms with Crippen LogP contribution in [0.1, 0.15) is 46.6 Å². The molecule has 0 aromatic heterocycles. The van der Waals surface area contributed by atoms with Crippen LogP contribution in [0.5, 0.6) is 0 Å². The summed E-state index contributed by atoms with van der Waals surface area (Å²) in [7, 11) is 2.66. The van der Waals surface area contributed by atoms with E-state index in [0.717, 1.165) is 4.90 Å². The lowest BCUT2D eigenvalue weighted by Gasteiger charge is -2.31. The third kappa shape index (κ3) is 9.80. The third-order valence-corrected chi connectivity index (χ3v) is 4.46. The first-order chi connectivity index (χ1) is 15.2. The molecule has 0 unspecified atom stereocenters. The summed E-state index contributed by atoms with van der Waals surface area (Å²) in [5.74, 6) is -2.11. The maximum atomic E-state index is 12.9. The SMILES string of the molecule is COC(=O)Nc1ccc(C[C@@H](OC(=O)[C@H](CC(C)C)N(C)C(=O)OC(C)(C)C)C(=O)O)cc1. The normalized spacial score (nSPS) is 13.0. The van der Waals surface area contributed by atoms with Gasteiger partial charge in [-0.2, -0.15) is 0 Å². The summed E-state index contributed by atoms with van der Waals surface area (Å²) >= 11 is 0. The Kier molecular flexibility index (Phi) is 10.2. The number of carboxylic acid groups (broad SMARTS) is 1. The first-order valence-electron chi connectivity index (χ1n) is 10.6. The highest BCUT2D eigenvalue weighted by molar-refractivity contribution is 5.85. The first-order valence-corrected chi connectivity index (χ1v) is 10.6. The van der Waals surface area contributed by atoms with Crippen LogP contribution < -0.4 is 5.32 Å². The summed E-state index contributed by atoms with van der Waals surface area (Å²) in [6.07, 6.45) is -2.62. The number of benzene rings is 1. The van der Waals surface area contributed by atoms with Gasteiger partial charge >= 0.3 is 24.1 Å². The molecule has 2 atom stereocenters. The zero-order valence-corrected chi connectivity index (χ0v) is 20.2. The molecule has 2 N–H and O–H groups in total. The van der Waals surface area contributed by atoms with Crippen LogP contribution in [0, 0.1) is 5.92 Å². The minimum Gasteiger partial charge on any atom is -0.478 e. The van der Waals surface area contributed by atoms with Crippen LogP contribution in [-0.2, 0) is 30.2 Å². The van der Waals surface area contributed by atoms with Crippen molar-refractivity contribution in [2.45, 2.75) is 65.2 Å². The summed E-state index contributed by atoms with van der Waals surface area (Å²) in [5.41, 5.74) is 0.285. The van der Waals surface area contributed by atoms with Gasteiger partial charge in [-0.3, -0.25) is 10.2 Å². The van der Waals surface area contributed by atoms with Crippen LogP contribution in [0.2, 0.25) is 0 Å². The van der Waals surface area contributed by atoms with Crippen LogP contribution in [0.4, 0.5) is 15.3 Å². The van der Waals surface area contributed by atoms with Crippen molar-refractivity contribution in [1.82, 2.24) is 4.90 Å². The maximum absolute atomic E-state index is 12.9. The summed E-state index contributed by atoms with van der Waals surface area (Å²) in [4.78, 5) is 49.6. The molecular formula is C23H34N2O8. The van der Waals surface area contributed by atoms with E-state index in [1.54, 1.807) is 45.0 Å². The van der Waals surface area contributed by atoms with Gasteiger partial charge in [-0.25, -0.2) is 19.2 Å². The van der Waals surface area contributed by atoms with Crippen molar-refractivity contribution in [2.75, 3.05) is 19.5 Å². The molecular weight excluding hydrogens is 432 g/mol. The van der Waals surface area contributed by atoms with Gasteiger partial charge in [0.05, 0.1) is 7.11 Å². The number of likely N-dealkylation sites (N-methyl/N-ethyl adjacent to an activating group) is 1. The zero-order valence-electron chi connectivity index (χ0n) is 20.2. The molecule has 0 saturated carbocycles. The van der Waals surface area contributed by atoms with Gasteiger partial charge < -0.3 is 19.3 Å². The van der Waals surface area contributed by atoms with Crippen molar-refractivity contribution in [3.8, 4) is 0 Å². The molecule has 0 aliphatic rings. The highest BCUT2D eigenvalue weighted by atomic mass is 16.6. The number of amides is 2. The number of anilines is 1. The number of nitrogens with one attached hydrogen (secondary N) is 1. The van der Waals surface area contributed by atoms with E-state index in [1.807, 2.05) is 13.8 Å². The van der Waals surface area contributed by atoms with Crippen molar-refractivity contribution in [3.63, 3.8) is 0 Å². The Morgan fingerprint density at radius 3 is 2.12 bits per heavy atom. The van der Waals surface area contributed by atoms with Gasteiger partial charge in [0.15, 0.2) is 0 Å². The minimum atomic E-state index is -1.46. The molecule has 10 heteroatoms. The summed E-state index contributed by atoms with van der Waals surface area (Å²) in [6, 6.07) is 5.35. The number of nitrogens with zero attached hydrogens (tertiary/aromatic N) is 1. The van der Waals surface area contributed by atoms with Gasteiger partial charge in [-0.05, 0) is 50.8 Å². The number of methoxy groups -OCH3 is 1. The van der Waals surface area contributed by atoms with Crippen LogP contribution in [-0.4, -0.2) is 66.0 Å². The number of hydrogen-bond acceptors (Lipinski definition) is 7. The second-order valence-corrected chi connectivity index (χ2v) is 9.02. The van der Waals surface area contributed by atoms with E-state index in [0.29, 0.717) is 11.3 Å². The summed E-state index contributed by atoms with van der Waals surface area (Å²) < 4.78 is 15.2. The van der Waals surface area contributed by atoms with Gasteiger partial charge in [0.2, 0.25) is 6.10 Å². The number of carboxylic acids is 1. The lowest BCUT2D eigenvalue weighted by atomic mass is 10.0. The number of aliphatic carboxylic acids is 1. The Labute approximate surface area is 194 Å². The monoisotopic (exact) mass is 466 g/mol. The largest absolute Gasteiger partial charge is 0.478 e. The van der Waals surface area contributed by atoms with E-state index < -0.39 is 41.9 Å². The third-order valence-electron chi connectivity index (χ3n) is 4.46. The van der Waals surface area contributed by atoms with Crippen molar-refractivity contribution in [1.29, 1.82) is 0 Å². The van der Waals surface area contributed by atoms with Crippen molar-refractivity contribution < 1.29 is 38.5 Å². The van der Waals surface area contributed by atoms with Crippen molar-refractivity contribution >= 4 is 29.8 Å². The molecule has 0 fully saturated rings. The van der Waals surface area contributed by atoms with Crippen LogP contribution >= 0.6 is 0 Å². The molecule has 0 aliphatic carbocycles. The fourth-order valence-corrected chi connectivity index (χ4v) is 2.83. The number of hydrogen-bond donors (Lipinski definition) is 2. The highest BCUT2D eigenvalue weighted by Gasteiger charge is 2.34. The van der Waals surface area contributed by atoms with Gasteiger partial charge in [0.1, 0.15) is 11.6 Å². The standard InChI is InChI=1S/C23H34N2O8/c1-14(2)12-17(25(6)22(30)33-23(3,4)5)20(28)32-18(19(26)27)13-15-8-10-16(11-9-15)24-21(29)31-7/h8-11,14,17-18H,12-13H2,1-7H3,(H,24,29)(H,26,27)/t17-,18+/m0/s1. The molecule has 0 radical (unpaired) electrons. The van der Waals surface area contributed by atoms with E-state index in [-0.39, 0.29) is 18.8 Å². The van der Waals surface area contributed by atoms with Crippen molar-refractivity contribution in [2.24, 2.45) is 5.92 Å². The van der Waals surface area contributed by atoms with E-state index in [2.05, 4.69) is 10.1 Å². The second-order valence-electron chi connectivity index (χ2n) is 9.02. The van der Waals surface area contributed by atoms with Gasteiger partial charge in [-0.15, -0.1) is 0 Å². The molecule has 10 nitrogen and oxygen atoms in total. The number of ether oxygens (including phenoxy) is 3. The second kappa shape index (κ2) is 12.1. The average Bonchev–Trinajstić information content (AvgIpc) is 2.70. The molecule has 2 amide bonds. The van der Waals surface area contributed by atoms with Crippen LogP contribution in [0.3, 0.4) is 0 Å². The smallest absolute Gasteiger partial charge is 0.411 e. The Morgan fingerprint density at radius 2 is 1.67 bits per heavy atom. The lowest BCUT2D eigenvalue weighted by Crippen LogP contribution is -2.47. The van der Waals surface area contributed by atoms with Crippen molar-refractivity contribution in [3.05, 3.63) is 29.8 Å². The molecule has 1 aromatic rings. The molecule has 33 heavy (non-hydrogen) atoms. The molecule has 1 rings (SSSR count). The highest BCUT2D eigenvalue weighted by Crippen LogP contribution is 2.19. The Hall–Kier alpha value is -3.30. The maximum Gasteiger partial charge on any atom is 0.411 e. The molecule has 0 heterocycles.